The molecule has 2 aliphatic heterocycles. The lowest BCUT2D eigenvalue weighted by molar-refractivity contribution is -0.181. The molecule has 4 aliphatic rings. The van der Waals surface area contributed by atoms with Crippen molar-refractivity contribution in [2.75, 3.05) is 13.2 Å². The van der Waals surface area contributed by atoms with Crippen LogP contribution in [0, 0.1) is 5.41 Å². The Kier molecular flexibility index (Phi) is 7.74. The van der Waals surface area contributed by atoms with E-state index in [2.05, 4.69) is 27.3 Å². The first-order valence-electron chi connectivity index (χ1n) is 15.2. The third kappa shape index (κ3) is 5.89. The van der Waals surface area contributed by atoms with E-state index in [0.29, 0.717) is 62.8 Å². The van der Waals surface area contributed by atoms with E-state index in [1.54, 1.807) is 18.5 Å². The van der Waals surface area contributed by atoms with Gasteiger partial charge in [0, 0.05) is 46.3 Å². The predicted molar refractivity (Wildman–Crippen MR) is 170 cm³/mol. The molecule has 11 heteroatoms. The summed E-state index contributed by atoms with van der Waals surface area (Å²) in [6.07, 6.45) is 13.2. The highest BCUT2D eigenvalue weighted by atomic mass is 35.5. The van der Waals surface area contributed by atoms with Crippen LogP contribution in [0.2, 0.25) is 10.0 Å². The molecule has 0 unspecified atom stereocenters. The van der Waals surface area contributed by atoms with E-state index in [0.717, 1.165) is 49.8 Å². The van der Waals surface area contributed by atoms with Crippen molar-refractivity contribution in [1.82, 2.24) is 15.1 Å². The van der Waals surface area contributed by atoms with Gasteiger partial charge in [-0.3, -0.25) is 4.98 Å². The van der Waals surface area contributed by atoms with Gasteiger partial charge in [0.1, 0.15) is 35.2 Å². The van der Waals surface area contributed by atoms with Crippen molar-refractivity contribution in [1.29, 1.82) is 0 Å². The number of rotatable bonds is 10. The molecule has 9 nitrogen and oxygen atoms in total. The van der Waals surface area contributed by atoms with Gasteiger partial charge in [0.05, 0.1) is 28.3 Å². The quantitative estimate of drug-likeness (QED) is 0.181. The van der Waals surface area contributed by atoms with Gasteiger partial charge >= 0.3 is 5.97 Å². The minimum absolute atomic E-state index is 0.0602. The Morgan fingerprint density at radius 3 is 2.53 bits per heavy atom. The molecule has 45 heavy (non-hydrogen) atoms. The summed E-state index contributed by atoms with van der Waals surface area (Å²) in [4.78, 5) is 19.9. The molecule has 8 rings (SSSR count). The van der Waals surface area contributed by atoms with Gasteiger partial charge in [-0.2, -0.15) is 0 Å². The number of pyridine rings is 2. The maximum Gasteiger partial charge on any atom is 0.354 e. The van der Waals surface area contributed by atoms with Crippen molar-refractivity contribution in [3.8, 4) is 22.8 Å². The van der Waals surface area contributed by atoms with Crippen molar-refractivity contribution in [2.24, 2.45) is 5.41 Å². The maximum atomic E-state index is 11.6. The fraction of sp³-hybridized carbons (Fsp3) is 0.412. The van der Waals surface area contributed by atoms with Crippen molar-refractivity contribution < 1.29 is 28.6 Å². The Morgan fingerprint density at radius 1 is 1.13 bits per heavy atom. The summed E-state index contributed by atoms with van der Waals surface area (Å²) in [7, 11) is 0. The zero-order valence-corrected chi connectivity index (χ0v) is 26.5. The van der Waals surface area contributed by atoms with Gasteiger partial charge in [-0.25, -0.2) is 9.78 Å². The minimum atomic E-state index is -1.10. The Hall–Kier alpha value is -3.66. The second kappa shape index (κ2) is 11.6. The summed E-state index contributed by atoms with van der Waals surface area (Å²) in [6.45, 7) is 4.80. The number of hydrogen-bond acceptors (Lipinski definition) is 8. The van der Waals surface area contributed by atoms with E-state index in [-0.39, 0.29) is 22.8 Å². The molecule has 3 aromatic heterocycles. The third-order valence-corrected chi connectivity index (χ3v) is 9.62. The number of nitrogens with zero attached hydrogens (tertiary/aromatic N) is 3. The molecule has 1 N–H and O–H groups in total. The predicted octanol–water partition coefficient (Wildman–Crippen LogP) is 8.38. The zero-order valence-electron chi connectivity index (χ0n) is 25.0. The molecule has 4 aromatic rings. The largest absolute Gasteiger partial charge is 0.491 e. The van der Waals surface area contributed by atoms with Crippen LogP contribution in [0.25, 0.3) is 28.2 Å². The van der Waals surface area contributed by atoms with Crippen LogP contribution in [0.1, 0.15) is 80.1 Å². The number of hydrogen-bond donors (Lipinski definition) is 1. The number of benzene rings is 1. The van der Waals surface area contributed by atoms with Crippen LogP contribution in [0.5, 0.6) is 11.5 Å². The number of carboxylic acid groups (broad SMARTS) is 1. The first-order chi connectivity index (χ1) is 21.6. The van der Waals surface area contributed by atoms with Crippen LogP contribution >= 0.6 is 23.2 Å². The lowest BCUT2D eigenvalue weighted by Gasteiger charge is -2.51. The standard InChI is InChI=1S/C34H33Cl2N3O6/c1-19(2)44-28-14-27(32(40)41)38-26-6-5-21(13-23(26)28)42-18-34-11-9-33(10-12-34,17-43-34)8-7-22-30(39-45-31(22)20-3-4-20)29-24(35)15-37-16-25(29)36/h5-8,13-16,19-20H,3-4,9-12,17-18H2,1-2H3,(H,40,41). The number of halogens is 2. The smallest absolute Gasteiger partial charge is 0.354 e. The van der Waals surface area contributed by atoms with E-state index in [1.165, 1.54) is 6.07 Å². The van der Waals surface area contributed by atoms with Crippen LogP contribution in [-0.4, -0.2) is 51.1 Å². The lowest BCUT2D eigenvalue weighted by atomic mass is 9.66. The molecule has 0 spiro atoms. The highest BCUT2D eigenvalue weighted by Crippen LogP contribution is 2.51. The fourth-order valence-electron chi connectivity index (χ4n) is 6.32. The van der Waals surface area contributed by atoms with E-state index in [9.17, 15) is 9.90 Å². The van der Waals surface area contributed by atoms with Crippen LogP contribution in [-0.2, 0) is 4.74 Å². The molecule has 2 bridgehead atoms. The number of fused-ring (bicyclic) bond motifs is 4. The molecular formula is C34H33Cl2N3O6. The van der Waals surface area contributed by atoms with Crippen LogP contribution in [0.4, 0.5) is 0 Å². The molecule has 1 aromatic carbocycles. The second-order valence-corrected chi connectivity index (χ2v) is 13.5. The van der Waals surface area contributed by atoms with Gasteiger partial charge in [0.25, 0.3) is 0 Å². The summed E-state index contributed by atoms with van der Waals surface area (Å²) >= 11 is 13.0. The van der Waals surface area contributed by atoms with Gasteiger partial charge in [-0.1, -0.05) is 40.5 Å². The molecule has 0 atom stereocenters. The molecule has 0 radical (unpaired) electrons. The fourth-order valence-corrected chi connectivity index (χ4v) is 6.86. The van der Waals surface area contributed by atoms with Crippen molar-refractivity contribution in [2.45, 2.75) is 70.0 Å². The third-order valence-electron chi connectivity index (χ3n) is 9.05. The summed E-state index contributed by atoms with van der Waals surface area (Å²) < 4.78 is 24.6. The number of carboxylic acids is 1. The monoisotopic (exact) mass is 649 g/mol. The summed E-state index contributed by atoms with van der Waals surface area (Å²) in [5, 5.41) is 15.5. The number of aromatic nitrogens is 3. The van der Waals surface area contributed by atoms with Gasteiger partial charge in [-0.05, 0) is 70.6 Å². The van der Waals surface area contributed by atoms with E-state index in [1.807, 2.05) is 26.0 Å². The molecule has 2 aliphatic carbocycles. The highest BCUT2D eigenvalue weighted by Gasteiger charge is 2.49. The van der Waals surface area contributed by atoms with Crippen LogP contribution in [0.3, 0.4) is 0 Å². The van der Waals surface area contributed by atoms with Crippen molar-refractivity contribution in [3.63, 3.8) is 0 Å². The summed E-state index contributed by atoms with van der Waals surface area (Å²) in [6, 6.07) is 6.89. The number of aromatic carboxylic acids is 1. The Balaban J connectivity index is 1.07. The molecular weight excluding hydrogens is 617 g/mol. The second-order valence-electron chi connectivity index (χ2n) is 12.7. The van der Waals surface area contributed by atoms with Gasteiger partial charge in [0.2, 0.25) is 0 Å². The van der Waals surface area contributed by atoms with Crippen LogP contribution in [0.15, 0.2) is 47.3 Å². The topological polar surface area (TPSA) is 117 Å². The first kappa shape index (κ1) is 30.0. The number of ether oxygens (including phenoxy) is 3. The molecule has 0 amide bonds. The van der Waals surface area contributed by atoms with Crippen LogP contribution < -0.4 is 9.47 Å². The van der Waals surface area contributed by atoms with Gasteiger partial charge in [0.15, 0.2) is 5.69 Å². The van der Waals surface area contributed by atoms with Crippen molar-refractivity contribution >= 4 is 46.2 Å². The SMILES string of the molecule is CC(C)Oc1cc(C(=O)O)nc2ccc(OCC34CCC(C=Cc5c(-c6c(Cl)cncc6Cl)noc5C5CC5)(CC3)CO4)cc12. The molecule has 4 fully saturated rings. The average molecular weight is 651 g/mol. The van der Waals surface area contributed by atoms with Gasteiger partial charge < -0.3 is 23.8 Å². The minimum Gasteiger partial charge on any atom is -0.491 e. The molecule has 2 saturated heterocycles. The summed E-state index contributed by atoms with van der Waals surface area (Å²) in [5.41, 5.74) is 2.22. The zero-order chi connectivity index (χ0) is 31.3. The molecule has 2 saturated carbocycles. The van der Waals surface area contributed by atoms with E-state index >= 15 is 0 Å². The highest BCUT2D eigenvalue weighted by molar-refractivity contribution is 6.39. The van der Waals surface area contributed by atoms with E-state index < -0.39 is 5.97 Å². The Labute approximate surface area is 270 Å². The Bertz CT molecular complexity index is 1770. The molecule has 5 heterocycles. The van der Waals surface area contributed by atoms with Gasteiger partial charge in [-0.15, -0.1) is 0 Å². The number of carbonyl (C=O) groups is 1. The molecule has 234 valence electrons. The lowest BCUT2D eigenvalue weighted by Crippen LogP contribution is -2.53. The average Bonchev–Trinajstić information content (AvgIpc) is 3.79. The Morgan fingerprint density at radius 2 is 1.89 bits per heavy atom. The van der Waals surface area contributed by atoms with E-state index in [4.69, 9.17) is 41.9 Å². The first-order valence-corrected chi connectivity index (χ1v) is 16.0. The summed E-state index contributed by atoms with van der Waals surface area (Å²) in [5.74, 6) is 1.26. The maximum absolute atomic E-state index is 11.6. The van der Waals surface area contributed by atoms with Crippen molar-refractivity contribution in [3.05, 3.63) is 69.8 Å². The normalized spacial score (nSPS) is 22.9.